The van der Waals surface area contributed by atoms with Crippen molar-refractivity contribution in [2.24, 2.45) is 5.92 Å². The Balaban J connectivity index is 1.44. The lowest BCUT2D eigenvalue weighted by Crippen LogP contribution is -2.47. The monoisotopic (exact) mass is 422 g/mol. The highest BCUT2D eigenvalue weighted by Crippen LogP contribution is 2.39. The van der Waals surface area contributed by atoms with Crippen molar-refractivity contribution in [1.82, 2.24) is 9.47 Å². The van der Waals surface area contributed by atoms with Crippen LogP contribution in [0.25, 0.3) is 0 Å². The number of carbonyl (C=O) groups excluding carboxylic acids is 1. The second-order valence-electron chi connectivity index (χ2n) is 8.92. The van der Waals surface area contributed by atoms with Crippen LogP contribution in [-0.4, -0.2) is 46.5 Å². The lowest BCUT2D eigenvalue weighted by atomic mass is 9.83. The molecule has 31 heavy (non-hydrogen) atoms. The quantitative estimate of drug-likeness (QED) is 0.560. The smallest absolute Gasteiger partial charge is 0.293 e. The Labute approximate surface area is 180 Å². The van der Waals surface area contributed by atoms with Gasteiger partial charge in [-0.05, 0) is 49.8 Å². The molecule has 1 aromatic carbocycles. The second kappa shape index (κ2) is 7.83. The van der Waals surface area contributed by atoms with Crippen molar-refractivity contribution in [3.8, 4) is 0 Å². The molecule has 2 bridgehead atoms. The summed E-state index contributed by atoms with van der Waals surface area (Å²) in [6.45, 7) is 3.35. The van der Waals surface area contributed by atoms with Crippen molar-refractivity contribution >= 4 is 17.3 Å². The fourth-order valence-electron chi connectivity index (χ4n) is 5.44. The van der Waals surface area contributed by atoms with E-state index in [-0.39, 0.29) is 33.9 Å². The molecule has 2 atom stereocenters. The molecule has 3 aliphatic heterocycles. The normalized spacial score (nSPS) is 22.7. The van der Waals surface area contributed by atoms with Crippen molar-refractivity contribution < 1.29 is 9.72 Å². The Kier molecular flexibility index (Phi) is 5.00. The molecule has 2 fully saturated rings. The van der Waals surface area contributed by atoms with Gasteiger partial charge in [-0.3, -0.25) is 19.7 Å². The van der Waals surface area contributed by atoms with Crippen LogP contribution < -0.4 is 10.5 Å². The topological polar surface area (TPSA) is 88.7 Å². The van der Waals surface area contributed by atoms with Crippen LogP contribution in [-0.2, 0) is 6.54 Å². The van der Waals surface area contributed by atoms with Crippen molar-refractivity contribution in [2.75, 3.05) is 31.1 Å². The summed E-state index contributed by atoms with van der Waals surface area (Å²) >= 11 is 0. The van der Waals surface area contributed by atoms with E-state index in [4.69, 9.17) is 0 Å². The zero-order valence-corrected chi connectivity index (χ0v) is 17.4. The molecule has 0 saturated carbocycles. The summed E-state index contributed by atoms with van der Waals surface area (Å²) in [5.41, 5.74) is 1.95. The van der Waals surface area contributed by atoms with Crippen molar-refractivity contribution in [1.29, 1.82) is 0 Å². The van der Waals surface area contributed by atoms with Gasteiger partial charge >= 0.3 is 0 Å². The summed E-state index contributed by atoms with van der Waals surface area (Å²) in [5, 5.41) is 11.9. The van der Waals surface area contributed by atoms with Crippen molar-refractivity contribution in [3.05, 3.63) is 68.1 Å². The van der Waals surface area contributed by atoms with Gasteiger partial charge in [0.1, 0.15) is 5.69 Å². The van der Waals surface area contributed by atoms with E-state index in [9.17, 15) is 19.7 Å². The van der Waals surface area contributed by atoms with Gasteiger partial charge in [0.15, 0.2) is 0 Å². The van der Waals surface area contributed by atoms with Gasteiger partial charge in [-0.2, -0.15) is 0 Å². The third-order valence-corrected chi connectivity index (χ3v) is 6.88. The Bertz CT molecular complexity index is 1090. The van der Waals surface area contributed by atoms with E-state index in [1.165, 1.54) is 6.07 Å². The van der Waals surface area contributed by atoms with Crippen LogP contribution in [0.1, 0.15) is 47.7 Å². The predicted molar refractivity (Wildman–Crippen MR) is 117 cm³/mol. The number of anilines is 1. The van der Waals surface area contributed by atoms with Gasteiger partial charge < -0.3 is 14.4 Å². The number of nitro groups is 1. The first-order chi connectivity index (χ1) is 15.0. The number of rotatable bonds is 3. The molecule has 8 heteroatoms. The van der Waals surface area contributed by atoms with E-state index >= 15 is 0 Å². The third-order valence-electron chi connectivity index (χ3n) is 6.88. The van der Waals surface area contributed by atoms with Gasteiger partial charge in [0.2, 0.25) is 0 Å². The van der Waals surface area contributed by atoms with Gasteiger partial charge in [-0.1, -0.05) is 6.07 Å². The fourth-order valence-corrected chi connectivity index (χ4v) is 5.44. The number of amides is 1. The molecule has 2 saturated heterocycles. The lowest BCUT2D eigenvalue weighted by Gasteiger charge is -2.43. The minimum absolute atomic E-state index is 0.0201. The maximum Gasteiger partial charge on any atom is 0.293 e. The molecular weight excluding hydrogens is 396 g/mol. The summed E-state index contributed by atoms with van der Waals surface area (Å²) in [6.07, 6.45) is 4.06. The summed E-state index contributed by atoms with van der Waals surface area (Å²) < 4.78 is 1.85. The van der Waals surface area contributed by atoms with Crippen molar-refractivity contribution in [2.45, 2.75) is 38.1 Å². The molecular formula is C23H26N4O4. The maximum absolute atomic E-state index is 12.8. The first kappa shape index (κ1) is 19.8. The zero-order chi connectivity index (χ0) is 21.5. The number of hydrogen-bond donors (Lipinski definition) is 0. The van der Waals surface area contributed by atoms with Gasteiger partial charge in [0, 0.05) is 62.0 Å². The minimum atomic E-state index is -0.384. The summed E-state index contributed by atoms with van der Waals surface area (Å²) in [5.74, 6) is 0.300. The molecule has 3 aliphatic rings. The van der Waals surface area contributed by atoms with Crippen molar-refractivity contribution in [3.63, 3.8) is 0 Å². The number of aromatic nitrogens is 1. The number of nitro benzene ring substituents is 1. The zero-order valence-electron chi connectivity index (χ0n) is 17.4. The van der Waals surface area contributed by atoms with Gasteiger partial charge in [0.05, 0.1) is 4.92 Å². The predicted octanol–water partition coefficient (Wildman–Crippen LogP) is 3.01. The molecule has 1 aromatic heterocycles. The number of nitrogens with zero attached hydrogens (tertiary/aromatic N) is 4. The molecule has 1 amide bonds. The summed E-state index contributed by atoms with van der Waals surface area (Å²) in [6, 6.07) is 10.3. The highest BCUT2D eigenvalue weighted by atomic mass is 16.6. The van der Waals surface area contributed by atoms with Gasteiger partial charge in [0.25, 0.3) is 17.2 Å². The Morgan fingerprint density at radius 2 is 1.84 bits per heavy atom. The number of carbonyl (C=O) groups is 1. The lowest BCUT2D eigenvalue weighted by molar-refractivity contribution is -0.384. The van der Waals surface area contributed by atoms with Crippen LogP contribution in [0.15, 0.2) is 41.2 Å². The fraction of sp³-hybridized carbons (Fsp3) is 0.478. The highest BCUT2D eigenvalue weighted by Gasteiger charge is 2.36. The van der Waals surface area contributed by atoms with Gasteiger partial charge in [-0.15, -0.1) is 0 Å². The number of benzene rings is 1. The highest BCUT2D eigenvalue weighted by molar-refractivity contribution is 5.96. The van der Waals surface area contributed by atoms with E-state index in [1.54, 1.807) is 29.2 Å². The van der Waals surface area contributed by atoms with Crippen LogP contribution in [0.5, 0.6) is 0 Å². The molecule has 0 N–H and O–H groups in total. The maximum atomic E-state index is 12.8. The average Bonchev–Trinajstić information content (AvgIpc) is 2.79. The number of fused-ring (bicyclic) bond motifs is 4. The Hall–Kier alpha value is -3.16. The van der Waals surface area contributed by atoms with Crippen LogP contribution in [0.3, 0.4) is 0 Å². The number of hydrogen-bond acceptors (Lipinski definition) is 5. The molecule has 162 valence electrons. The molecule has 0 aliphatic carbocycles. The Morgan fingerprint density at radius 1 is 1.03 bits per heavy atom. The molecule has 5 rings (SSSR count). The number of pyridine rings is 1. The van der Waals surface area contributed by atoms with E-state index < -0.39 is 0 Å². The molecule has 8 nitrogen and oxygen atoms in total. The molecule has 2 aromatic rings. The van der Waals surface area contributed by atoms with E-state index in [0.717, 1.165) is 31.4 Å². The Morgan fingerprint density at radius 3 is 2.61 bits per heavy atom. The van der Waals surface area contributed by atoms with Crippen LogP contribution in [0, 0.1) is 16.0 Å². The number of likely N-dealkylation sites (tertiary alicyclic amines) is 1. The summed E-state index contributed by atoms with van der Waals surface area (Å²) in [7, 11) is 0. The first-order valence-corrected chi connectivity index (χ1v) is 11.0. The molecule has 0 spiro atoms. The van der Waals surface area contributed by atoms with E-state index in [0.29, 0.717) is 44.0 Å². The molecule has 0 unspecified atom stereocenters. The molecule has 0 radical (unpaired) electrons. The van der Waals surface area contributed by atoms with Crippen LogP contribution in [0.4, 0.5) is 11.4 Å². The standard InChI is InChI=1S/C23H26N4O4/c28-22-6-4-5-19-18-11-16(14-26(19)22)13-25(15-18)20-8-7-17(12-21(20)27(30)31)23(29)24-9-2-1-3-10-24/h4-8,12,16,18H,1-3,9-11,13-15H2/t16-,18+/m1/s1. The van der Waals surface area contributed by atoms with E-state index in [1.807, 2.05) is 10.6 Å². The third kappa shape index (κ3) is 3.60. The van der Waals surface area contributed by atoms with Crippen LogP contribution >= 0.6 is 0 Å². The SMILES string of the molecule is O=C(c1ccc(N2C[C@H]3C[C@@H](C2)c2cccc(=O)n2C3)c([N+](=O)[O-])c1)N1CCCCC1. The van der Waals surface area contributed by atoms with E-state index in [2.05, 4.69) is 4.90 Å². The first-order valence-electron chi connectivity index (χ1n) is 11.0. The average molecular weight is 422 g/mol. The van der Waals surface area contributed by atoms with Gasteiger partial charge in [-0.25, -0.2) is 0 Å². The summed E-state index contributed by atoms with van der Waals surface area (Å²) in [4.78, 5) is 40.5. The second-order valence-corrected chi connectivity index (χ2v) is 8.92. The molecule has 4 heterocycles. The minimum Gasteiger partial charge on any atom is -0.365 e. The van der Waals surface area contributed by atoms with Crippen LogP contribution in [0.2, 0.25) is 0 Å². The number of piperidine rings is 2. The largest absolute Gasteiger partial charge is 0.365 e.